The zero-order valence-corrected chi connectivity index (χ0v) is 12.6. The fourth-order valence-corrected chi connectivity index (χ4v) is 1.72. The van der Waals surface area contributed by atoms with E-state index < -0.39 is 0 Å². The van der Waals surface area contributed by atoms with E-state index in [1.807, 2.05) is 24.3 Å². The first-order chi connectivity index (χ1) is 11.2. The number of hydrogen-bond acceptors (Lipinski definition) is 4. The van der Waals surface area contributed by atoms with E-state index in [2.05, 4.69) is 23.1 Å². The predicted octanol–water partition coefficient (Wildman–Crippen LogP) is 4.57. The van der Waals surface area contributed by atoms with Crippen molar-refractivity contribution in [1.29, 1.82) is 0 Å². The molecule has 0 atom stereocenters. The summed E-state index contributed by atoms with van der Waals surface area (Å²) >= 11 is 0. The van der Waals surface area contributed by atoms with E-state index in [0.29, 0.717) is 11.4 Å². The maximum absolute atomic E-state index is 10.1. The Morgan fingerprint density at radius 2 is 1.09 bits per heavy atom. The summed E-state index contributed by atoms with van der Waals surface area (Å²) in [6.07, 6.45) is 7.05. The highest BCUT2D eigenvalue weighted by atomic mass is 16.1. The van der Waals surface area contributed by atoms with E-state index in [4.69, 9.17) is 0 Å². The summed E-state index contributed by atoms with van der Waals surface area (Å²) in [7, 11) is 0. The maximum atomic E-state index is 10.1. The average Bonchev–Trinajstić information content (AvgIpc) is 2.59. The summed E-state index contributed by atoms with van der Waals surface area (Å²) in [6, 6.07) is 14.7. The van der Waals surface area contributed by atoms with Crippen LogP contribution in [0.3, 0.4) is 0 Å². The fraction of sp³-hybridized carbons (Fsp3) is 0.0526. The van der Waals surface area contributed by atoms with Gasteiger partial charge < -0.3 is 0 Å². The van der Waals surface area contributed by atoms with E-state index >= 15 is 0 Å². The molecule has 0 aliphatic rings. The molecule has 0 N–H and O–H groups in total. The third-order valence-corrected chi connectivity index (χ3v) is 2.80. The lowest BCUT2D eigenvalue weighted by Gasteiger charge is -2.02. The first-order valence-corrected chi connectivity index (χ1v) is 6.80. The number of allylic oxidation sites excluding steroid dienone is 2. The molecule has 2 aromatic rings. The highest BCUT2D eigenvalue weighted by Gasteiger charge is 1.97. The summed E-state index contributed by atoms with van der Waals surface area (Å²) in [5.74, 6) is 0. The summed E-state index contributed by atoms with van der Waals surface area (Å²) in [5, 5.41) is 0. The van der Waals surface area contributed by atoms with Crippen molar-refractivity contribution in [1.82, 2.24) is 0 Å². The highest BCUT2D eigenvalue weighted by Crippen LogP contribution is 2.17. The third-order valence-electron chi connectivity index (χ3n) is 2.80. The van der Waals surface area contributed by atoms with Gasteiger partial charge in [0.25, 0.3) is 0 Å². The first kappa shape index (κ1) is 17.7. The highest BCUT2D eigenvalue weighted by molar-refractivity contribution is 5.51. The summed E-state index contributed by atoms with van der Waals surface area (Å²) < 4.78 is 0. The lowest BCUT2D eigenvalue weighted by molar-refractivity contribution is 0.564. The lowest BCUT2D eigenvalue weighted by Crippen LogP contribution is -1.86. The first-order valence-electron chi connectivity index (χ1n) is 6.80. The molecule has 0 heterocycles. The Hall–Kier alpha value is -3.32. The summed E-state index contributed by atoms with van der Waals surface area (Å²) in [6.45, 7) is 6.72. The Kier molecular flexibility index (Phi) is 8.03. The topological polar surface area (TPSA) is 58.9 Å². The maximum Gasteiger partial charge on any atom is 0.240 e. The number of benzene rings is 2. The molecule has 0 saturated carbocycles. The van der Waals surface area contributed by atoms with Crippen molar-refractivity contribution in [2.24, 2.45) is 9.98 Å². The Bertz CT molecular complexity index is 668. The van der Waals surface area contributed by atoms with Gasteiger partial charge in [-0.2, -0.15) is 9.98 Å². The van der Waals surface area contributed by atoms with Crippen molar-refractivity contribution in [2.45, 2.75) is 6.42 Å². The molecule has 0 fully saturated rings. The van der Waals surface area contributed by atoms with Gasteiger partial charge >= 0.3 is 0 Å². The van der Waals surface area contributed by atoms with Crippen molar-refractivity contribution in [3.8, 4) is 0 Å². The van der Waals surface area contributed by atoms with E-state index in [9.17, 15) is 9.59 Å². The quantitative estimate of drug-likeness (QED) is 0.461. The summed E-state index contributed by atoms with van der Waals surface area (Å²) in [4.78, 5) is 27.3. The lowest BCUT2D eigenvalue weighted by atomic mass is 10.0. The molecule has 0 aliphatic heterocycles. The van der Waals surface area contributed by atoms with Gasteiger partial charge in [-0.1, -0.05) is 49.6 Å². The van der Waals surface area contributed by atoms with Gasteiger partial charge in [0.2, 0.25) is 12.2 Å². The molecule has 0 bridgehead atoms. The molecule has 2 aromatic carbocycles. The minimum Gasteiger partial charge on any atom is -0.211 e. The Balaban J connectivity index is 0.000000593. The molecule has 4 nitrogen and oxygen atoms in total. The van der Waals surface area contributed by atoms with Crippen molar-refractivity contribution >= 4 is 23.5 Å². The molecule has 0 amide bonds. The van der Waals surface area contributed by atoms with Crippen molar-refractivity contribution < 1.29 is 9.59 Å². The zero-order valence-electron chi connectivity index (χ0n) is 12.6. The van der Waals surface area contributed by atoms with Crippen LogP contribution in [0.5, 0.6) is 0 Å². The molecule has 0 aliphatic carbocycles. The molecule has 0 spiro atoms. The van der Waals surface area contributed by atoms with Crippen LogP contribution in [-0.2, 0) is 16.0 Å². The molecule has 0 unspecified atom stereocenters. The minimum atomic E-state index is 0.592. The molecule has 0 saturated heterocycles. The molecule has 0 radical (unpaired) electrons. The van der Waals surface area contributed by atoms with Gasteiger partial charge in [-0.25, -0.2) is 9.59 Å². The van der Waals surface area contributed by atoms with Gasteiger partial charge in [0, 0.05) is 0 Å². The third kappa shape index (κ3) is 6.78. The van der Waals surface area contributed by atoms with Gasteiger partial charge in [-0.3, -0.25) is 0 Å². The summed E-state index contributed by atoms with van der Waals surface area (Å²) in [5.41, 5.74) is 3.40. The normalized spacial score (nSPS) is 8.52. The smallest absolute Gasteiger partial charge is 0.211 e. The second kappa shape index (κ2) is 10.4. The number of aliphatic imine (C=N–C) groups is 2. The van der Waals surface area contributed by atoms with Crippen LogP contribution >= 0.6 is 0 Å². The minimum absolute atomic E-state index is 0.592. The van der Waals surface area contributed by atoms with Crippen LogP contribution in [0.2, 0.25) is 0 Å². The van der Waals surface area contributed by atoms with E-state index in [-0.39, 0.29) is 0 Å². The van der Waals surface area contributed by atoms with Gasteiger partial charge in [0.1, 0.15) is 0 Å². The number of rotatable bonds is 5. The van der Waals surface area contributed by atoms with Gasteiger partial charge in [0.05, 0.1) is 11.4 Å². The second-order valence-corrected chi connectivity index (χ2v) is 4.39. The largest absolute Gasteiger partial charge is 0.240 e. The molecule has 0 aromatic heterocycles. The SMILES string of the molecule is C=CC=C.O=C=Nc1ccc(Cc2ccc(N=C=O)cc2)cc1. The molecule has 4 heteroatoms. The predicted molar refractivity (Wildman–Crippen MR) is 91.6 cm³/mol. The van der Waals surface area contributed by atoms with E-state index in [0.717, 1.165) is 17.5 Å². The van der Waals surface area contributed by atoms with Crippen LogP contribution in [0, 0.1) is 0 Å². The number of nitrogens with zero attached hydrogens (tertiary/aromatic N) is 2. The van der Waals surface area contributed by atoms with Crippen molar-refractivity contribution in [2.75, 3.05) is 0 Å². The fourth-order valence-electron chi connectivity index (χ4n) is 1.72. The number of hydrogen-bond donors (Lipinski definition) is 0. The van der Waals surface area contributed by atoms with Crippen LogP contribution < -0.4 is 0 Å². The van der Waals surface area contributed by atoms with Crippen LogP contribution in [0.15, 0.2) is 83.8 Å². The van der Waals surface area contributed by atoms with Crippen LogP contribution in [0.4, 0.5) is 11.4 Å². The number of carbonyl (C=O) groups excluding carboxylic acids is 2. The molecular formula is C19H16N2O2. The van der Waals surface area contributed by atoms with Crippen LogP contribution in [0.1, 0.15) is 11.1 Å². The van der Waals surface area contributed by atoms with Gasteiger partial charge in [-0.05, 0) is 41.8 Å². The van der Waals surface area contributed by atoms with Gasteiger partial charge in [0.15, 0.2) is 0 Å². The molecule has 2 rings (SSSR count). The van der Waals surface area contributed by atoms with Crippen LogP contribution in [0.25, 0.3) is 0 Å². The molecule has 23 heavy (non-hydrogen) atoms. The van der Waals surface area contributed by atoms with E-state index in [1.165, 1.54) is 12.2 Å². The second-order valence-electron chi connectivity index (χ2n) is 4.39. The monoisotopic (exact) mass is 304 g/mol. The Morgan fingerprint density at radius 1 is 0.739 bits per heavy atom. The standard InChI is InChI=1S/C15H10N2O2.C4H6/c18-10-16-14-5-1-12(2-6-14)9-13-3-7-15(8-4-13)17-11-19;1-3-4-2/h1-8H,9H2;3-4H,1-2H2. The number of isocyanates is 2. The van der Waals surface area contributed by atoms with E-state index in [1.54, 1.807) is 36.4 Å². The Labute approximate surface area is 135 Å². The molecular weight excluding hydrogens is 288 g/mol. The zero-order chi connectivity index (χ0) is 16.9. The van der Waals surface area contributed by atoms with Crippen LogP contribution in [-0.4, -0.2) is 12.2 Å². The molecule has 114 valence electrons. The van der Waals surface area contributed by atoms with Gasteiger partial charge in [-0.15, -0.1) is 0 Å². The average molecular weight is 304 g/mol. The van der Waals surface area contributed by atoms with Crippen molar-refractivity contribution in [3.63, 3.8) is 0 Å². The Morgan fingerprint density at radius 3 is 1.35 bits per heavy atom. The van der Waals surface area contributed by atoms with Crippen molar-refractivity contribution in [3.05, 3.63) is 85.0 Å².